The average Bonchev–Trinajstić information content (AvgIpc) is 3.23. The van der Waals surface area contributed by atoms with E-state index in [1.165, 1.54) is 11.5 Å². The molecule has 0 aliphatic carbocycles. The number of aromatic carboxylic acids is 1. The number of aryl methyl sites for hydroxylation is 1. The summed E-state index contributed by atoms with van der Waals surface area (Å²) in [5, 5.41) is 11.5. The lowest BCUT2D eigenvalue weighted by molar-refractivity contribution is 0.0698. The van der Waals surface area contributed by atoms with E-state index in [1.54, 1.807) is 6.07 Å². The number of nitrogens with zero attached hydrogens (tertiary/aromatic N) is 2. The van der Waals surface area contributed by atoms with Crippen molar-refractivity contribution in [2.75, 3.05) is 0 Å². The minimum Gasteiger partial charge on any atom is -0.488 e. The molecule has 5 aromatic rings. The van der Waals surface area contributed by atoms with E-state index >= 15 is 0 Å². The van der Waals surface area contributed by atoms with Gasteiger partial charge in [0.1, 0.15) is 12.4 Å². The summed E-state index contributed by atoms with van der Waals surface area (Å²) >= 11 is 1.33. The highest BCUT2D eigenvalue weighted by atomic mass is 32.1. The first-order chi connectivity index (χ1) is 15.1. The Morgan fingerprint density at radius 2 is 1.81 bits per heavy atom. The molecule has 0 bridgehead atoms. The molecule has 5 nitrogen and oxygen atoms in total. The zero-order valence-corrected chi connectivity index (χ0v) is 17.5. The van der Waals surface area contributed by atoms with E-state index in [0.29, 0.717) is 29.0 Å². The second-order valence-corrected chi connectivity index (χ2v) is 8.04. The normalized spacial score (nSPS) is 11.1. The highest BCUT2D eigenvalue weighted by Crippen LogP contribution is 2.37. The van der Waals surface area contributed by atoms with Crippen LogP contribution in [0.15, 0.2) is 72.8 Å². The third-order valence-corrected chi connectivity index (χ3v) is 6.11. The van der Waals surface area contributed by atoms with Crippen LogP contribution in [0.1, 0.15) is 21.5 Å². The van der Waals surface area contributed by atoms with Crippen molar-refractivity contribution in [2.45, 2.75) is 13.5 Å². The van der Waals surface area contributed by atoms with Gasteiger partial charge >= 0.3 is 5.97 Å². The molecule has 0 saturated heterocycles. The summed E-state index contributed by atoms with van der Waals surface area (Å²) in [6.07, 6.45) is 0. The van der Waals surface area contributed by atoms with Gasteiger partial charge in [0.2, 0.25) is 0 Å². The highest BCUT2D eigenvalue weighted by Gasteiger charge is 2.20. The van der Waals surface area contributed by atoms with Gasteiger partial charge in [-0.15, -0.1) is 0 Å². The first-order valence-corrected chi connectivity index (χ1v) is 10.6. The number of ether oxygens (including phenoxy) is 1. The Morgan fingerprint density at radius 3 is 2.61 bits per heavy atom. The highest BCUT2D eigenvalue weighted by molar-refractivity contribution is 7.11. The maximum absolute atomic E-state index is 12.2. The molecule has 0 aliphatic rings. The van der Waals surface area contributed by atoms with Gasteiger partial charge < -0.3 is 9.84 Å². The molecule has 2 aromatic heterocycles. The van der Waals surface area contributed by atoms with Crippen molar-refractivity contribution >= 4 is 39.3 Å². The van der Waals surface area contributed by atoms with E-state index in [9.17, 15) is 9.90 Å². The quantitative estimate of drug-likeness (QED) is 0.368. The number of aromatic nitrogens is 2. The van der Waals surface area contributed by atoms with Gasteiger partial charge in [0.05, 0.1) is 32.6 Å². The number of hydrogen-bond donors (Lipinski definition) is 1. The van der Waals surface area contributed by atoms with Crippen LogP contribution < -0.4 is 4.74 Å². The number of carbonyl (C=O) groups is 1. The molecule has 5 rings (SSSR count). The van der Waals surface area contributed by atoms with Crippen LogP contribution in [0.25, 0.3) is 32.4 Å². The van der Waals surface area contributed by atoms with Crippen molar-refractivity contribution in [1.29, 1.82) is 0 Å². The average molecular weight is 426 g/mol. The molecule has 3 aromatic carbocycles. The number of hydrogen-bond acceptors (Lipinski definition) is 5. The minimum atomic E-state index is -1.02. The Morgan fingerprint density at radius 1 is 1.03 bits per heavy atom. The Balaban J connectivity index is 1.68. The molecule has 0 radical (unpaired) electrons. The fraction of sp³-hybridized carbons (Fsp3) is 0.0800. The summed E-state index contributed by atoms with van der Waals surface area (Å²) in [4.78, 5) is 18.0. The summed E-state index contributed by atoms with van der Waals surface area (Å²) in [6, 6.07) is 22.9. The topological polar surface area (TPSA) is 72.3 Å². The van der Waals surface area contributed by atoms with Gasteiger partial charge in [-0.25, -0.2) is 9.78 Å². The van der Waals surface area contributed by atoms with E-state index in [4.69, 9.17) is 9.72 Å². The van der Waals surface area contributed by atoms with Gasteiger partial charge in [-0.3, -0.25) is 0 Å². The first-order valence-electron chi connectivity index (χ1n) is 9.81. The molecule has 0 atom stereocenters. The zero-order chi connectivity index (χ0) is 21.4. The van der Waals surface area contributed by atoms with Gasteiger partial charge in [0.25, 0.3) is 0 Å². The lowest BCUT2D eigenvalue weighted by Crippen LogP contribution is -2.04. The van der Waals surface area contributed by atoms with Gasteiger partial charge in [0, 0.05) is 5.39 Å². The molecule has 0 amide bonds. The van der Waals surface area contributed by atoms with Gasteiger partial charge in [-0.2, -0.15) is 4.37 Å². The summed E-state index contributed by atoms with van der Waals surface area (Å²) in [6.45, 7) is 2.27. The number of carboxylic acids is 1. The summed E-state index contributed by atoms with van der Waals surface area (Å²) in [5.74, 6) is -0.507. The van der Waals surface area contributed by atoms with E-state index < -0.39 is 5.97 Å². The molecule has 31 heavy (non-hydrogen) atoms. The SMILES string of the molecule is Cc1ccc(OCc2ccccc2)c2c(C(=O)O)cc(-c3snc4ccccc34)nc12. The molecule has 0 spiro atoms. The minimum absolute atomic E-state index is 0.171. The number of fused-ring (bicyclic) bond motifs is 2. The molecular weight excluding hydrogens is 408 g/mol. The van der Waals surface area contributed by atoms with Crippen molar-refractivity contribution in [1.82, 2.24) is 9.36 Å². The van der Waals surface area contributed by atoms with Crippen molar-refractivity contribution in [2.24, 2.45) is 0 Å². The smallest absolute Gasteiger partial charge is 0.336 e. The number of benzene rings is 3. The van der Waals surface area contributed by atoms with Crippen LogP contribution in [0.4, 0.5) is 0 Å². The summed E-state index contributed by atoms with van der Waals surface area (Å²) in [5.41, 5.74) is 4.17. The molecule has 2 heterocycles. The molecule has 1 N–H and O–H groups in total. The molecule has 0 fully saturated rings. The van der Waals surface area contributed by atoms with Crippen molar-refractivity contribution in [3.63, 3.8) is 0 Å². The molecule has 0 aliphatic heterocycles. The fourth-order valence-corrected chi connectivity index (χ4v) is 4.48. The Hall–Kier alpha value is -3.77. The Labute approximate surface area is 182 Å². The fourth-order valence-electron chi connectivity index (χ4n) is 3.66. The largest absolute Gasteiger partial charge is 0.488 e. The molecule has 0 saturated carbocycles. The van der Waals surface area contributed by atoms with E-state index in [0.717, 1.165) is 26.9 Å². The number of carboxylic acid groups (broad SMARTS) is 1. The van der Waals surface area contributed by atoms with Gasteiger partial charge in [-0.05, 0) is 47.8 Å². The third kappa shape index (κ3) is 3.51. The Bertz CT molecular complexity index is 1430. The molecule has 0 unspecified atom stereocenters. The van der Waals surface area contributed by atoms with Crippen LogP contribution in [0.3, 0.4) is 0 Å². The predicted octanol–water partition coefficient (Wildman–Crippen LogP) is 6.10. The van der Waals surface area contributed by atoms with Crippen LogP contribution in [0.5, 0.6) is 5.75 Å². The van der Waals surface area contributed by atoms with Crippen LogP contribution >= 0.6 is 11.5 Å². The van der Waals surface area contributed by atoms with Gasteiger partial charge in [-0.1, -0.05) is 54.6 Å². The van der Waals surface area contributed by atoms with Crippen LogP contribution in [0, 0.1) is 6.92 Å². The standard InChI is InChI=1S/C25H18N2O3S/c1-15-11-12-21(30-14-16-7-3-2-4-8-16)22-18(25(28)29)13-20(26-23(15)22)24-17-9-5-6-10-19(17)27-31-24/h2-13H,14H2,1H3,(H,28,29). The van der Waals surface area contributed by atoms with E-state index in [2.05, 4.69) is 4.37 Å². The number of rotatable bonds is 5. The monoisotopic (exact) mass is 426 g/mol. The van der Waals surface area contributed by atoms with Crippen LogP contribution in [0.2, 0.25) is 0 Å². The summed E-state index contributed by atoms with van der Waals surface area (Å²) in [7, 11) is 0. The van der Waals surface area contributed by atoms with Crippen molar-refractivity contribution < 1.29 is 14.6 Å². The van der Waals surface area contributed by atoms with Gasteiger partial charge in [0.15, 0.2) is 0 Å². The first kappa shape index (κ1) is 19.2. The second-order valence-electron chi connectivity index (χ2n) is 7.27. The Kier molecular flexibility index (Phi) is 4.84. The second kappa shape index (κ2) is 7.81. The zero-order valence-electron chi connectivity index (χ0n) is 16.7. The molecule has 6 heteroatoms. The van der Waals surface area contributed by atoms with Crippen LogP contribution in [-0.4, -0.2) is 20.4 Å². The van der Waals surface area contributed by atoms with Crippen molar-refractivity contribution in [3.8, 4) is 16.3 Å². The molecular formula is C25H18N2O3S. The van der Waals surface area contributed by atoms with Crippen LogP contribution in [-0.2, 0) is 6.61 Å². The lowest BCUT2D eigenvalue weighted by Gasteiger charge is -2.14. The molecule has 152 valence electrons. The van der Waals surface area contributed by atoms with E-state index in [-0.39, 0.29) is 5.56 Å². The maximum atomic E-state index is 12.2. The number of pyridine rings is 1. The lowest BCUT2D eigenvalue weighted by atomic mass is 10.0. The summed E-state index contributed by atoms with van der Waals surface area (Å²) < 4.78 is 10.5. The van der Waals surface area contributed by atoms with Crippen molar-refractivity contribution in [3.05, 3.63) is 89.5 Å². The third-order valence-electron chi connectivity index (χ3n) is 5.21. The van der Waals surface area contributed by atoms with E-state index in [1.807, 2.05) is 73.7 Å². The maximum Gasteiger partial charge on any atom is 0.336 e. The predicted molar refractivity (Wildman–Crippen MR) is 123 cm³/mol.